The molecular weight excluding hydrogens is 544 g/mol. The van der Waals surface area contributed by atoms with E-state index in [0.29, 0.717) is 29.4 Å². The predicted octanol–water partition coefficient (Wildman–Crippen LogP) is 4.63. The summed E-state index contributed by atoms with van der Waals surface area (Å²) in [5.41, 5.74) is 9.19. The maximum atomic E-state index is 14.7. The van der Waals surface area contributed by atoms with Crippen molar-refractivity contribution in [3.05, 3.63) is 59.9 Å². The lowest BCUT2D eigenvalue weighted by molar-refractivity contribution is -0.125. The Balaban J connectivity index is 1.63. The van der Waals surface area contributed by atoms with E-state index in [1.165, 1.54) is 35.3 Å². The molecule has 0 bridgehead atoms. The summed E-state index contributed by atoms with van der Waals surface area (Å²) in [6.07, 6.45) is 8.50. The first-order valence-corrected chi connectivity index (χ1v) is 15.2. The fourth-order valence-electron chi connectivity index (χ4n) is 6.61. The number of carbonyl (C=O) groups excluding carboxylic acids is 3. The average Bonchev–Trinajstić information content (AvgIpc) is 3.46. The minimum Gasteiger partial charge on any atom is -0.351 e. The number of anilines is 2. The van der Waals surface area contributed by atoms with Crippen molar-refractivity contribution in [2.45, 2.75) is 90.1 Å². The summed E-state index contributed by atoms with van der Waals surface area (Å²) in [6.45, 7) is 7.51. The van der Waals surface area contributed by atoms with Crippen LogP contribution in [0.2, 0.25) is 0 Å². The minimum absolute atomic E-state index is 0.0261. The Labute approximate surface area is 252 Å². The number of para-hydroxylation sites is 2. The Bertz CT molecular complexity index is 1460. The van der Waals surface area contributed by atoms with Crippen LogP contribution in [0.15, 0.2) is 48.8 Å². The molecule has 3 aromatic rings. The van der Waals surface area contributed by atoms with Crippen molar-refractivity contribution in [3.8, 4) is 5.69 Å². The van der Waals surface area contributed by atoms with E-state index in [2.05, 4.69) is 32.9 Å². The molecule has 11 nitrogen and oxygen atoms in total. The molecule has 1 aliphatic heterocycles. The van der Waals surface area contributed by atoms with E-state index in [1.807, 2.05) is 33.8 Å². The summed E-state index contributed by atoms with van der Waals surface area (Å²) in [5.74, 6) is -0.146. The van der Waals surface area contributed by atoms with Gasteiger partial charge in [-0.25, -0.2) is 4.79 Å². The molecule has 43 heavy (non-hydrogen) atoms. The van der Waals surface area contributed by atoms with Gasteiger partial charge in [-0.15, -0.1) is 15.0 Å². The largest absolute Gasteiger partial charge is 0.351 e. The number of fused-ring (bicyclic) bond motifs is 1. The van der Waals surface area contributed by atoms with Gasteiger partial charge in [0.1, 0.15) is 18.3 Å². The van der Waals surface area contributed by atoms with Crippen LogP contribution < -0.4 is 20.9 Å². The number of rotatable bonds is 7. The molecule has 228 valence electrons. The van der Waals surface area contributed by atoms with E-state index in [1.54, 1.807) is 29.2 Å². The number of nitrogens with zero attached hydrogens (tertiary/aromatic N) is 6. The lowest BCUT2D eigenvalue weighted by Crippen LogP contribution is -2.55. The molecule has 1 saturated carbocycles. The van der Waals surface area contributed by atoms with Gasteiger partial charge in [0, 0.05) is 11.2 Å². The first-order chi connectivity index (χ1) is 20.5. The molecule has 5 rings (SSSR count). The lowest BCUT2D eigenvalue weighted by Gasteiger charge is -2.34. The number of amides is 4. The van der Waals surface area contributed by atoms with Crippen LogP contribution in [0.1, 0.15) is 82.8 Å². The van der Waals surface area contributed by atoms with Gasteiger partial charge in [0.15, 0.2) is 6.33 Å². The number of primary amides is 1. The van der Waals surface area contributed by atoms with Crippen LogP contribution in [-0.4, -0.2) is 56.2 Å². The highest BCUT2D eigenvalue weighted by atomic mass is 16.2. The molecule has 0 saturated heterocycles. The van der Waals surface area contributed by atoms with Gasteiger partial charge in [0.05, 0.1) is 5.69 Å². The fraction of sp³-hybridized carbons (Fsp3) is 0.500. The van der Waals surface area contributed by atoms with Crippen molar-refractivity contribution >= 4 is 29.2 Å². The van der Waals surface area contributed by atoms with Gasteiger partial charge in [0.25, 0.3) is 5.91 Å². The van der Waals surface area contributed by atoms with E-state index in [9.17, 15) is 14.4 Å². The highest BCUT2D eigenvalue weighted by molar-refractivity contribution is 6.09. The summed E-state index contributed by atoms with van der Waals surface area (Å²) < 4.78 is 0. The highest BCUT2D eigenvalue weighted by Crippen LogP contribution is 2.43. The van der Waals surface area contributed by atoms with Crippen molar-refractivity contribution < 1.29 is 14.4 Å². The number of benzene rings is 2. The first kappa shape index (κ1) is 30.2. The second-order valence-electron chi connectivity index (χ2n) is 12.9. The molecule has 1 aromatic heterocycles. The third-order valence-corrected chi connectivity index (χ3v) is 8.39. The molecule has 2 heterocycles. The van der Waals surface area contributed by atoms with Crippen LogP contribution in [0.4, 0.5) is 16.2 Å². The van der Waals surface area contributed by atoms with E-state index in [4.69, 9.17) is 5.73 Å². The standard InChI is InChI=1S/C32H42N8O3/c1-21-14-15-24-23(17-22-10-6-5-7-11-22)18-28(30(42)38(27(24)16-21)19-29(41)36-32(2,3)4)39(31(33)43)25-12-8-9-13-26(25)40-35-20-34-37-40/h8-9,12-16,20,22-23,28H,5-7,10-11,17-19H2,1-4H3,(H2,33,43)(H,36,41). The highest BCUT2D eigenvalue weighted by Gasteiger charge is 2.42. The molecular formula is C32H42N8O3. The summed E-state index contributed by atoms with van der Waals surface area (Å²) in [6, 6.07) is 11.4. The van der Waals surface area contributed by atoms with E-state index in [-0.39, 0.29) is 24.3 Å². The third-order valence-electron chi connectivity index (χ3n) is 8.39. The van der Waals surface area contributed by atoms with Crippen molar-refractivity contribution in [3.63, 3.8) is 0 Å². The molecule has 11 heteroatoms. The SMILES string of the molecule is Cc1ccc2c(c1)N(CC(=O)NC(C)(C)C)C(=O)C(N(C(N)=O)c1ccccc1-n1ncnn1)CC2CC1CCCCC1. The number of hydrogen-bond acceptors (Lipinski definition) is 6. The molecule has 4 amide bonds. The Kier molecular flexibility index (Phi) is 8.79. The molecule has 2 aliphatic rings. The second kappa shape index (κ2) is 12.5. The van der Waals surface area contributed by atoms with Gasteiger partial charge in [-0.3, -0.25) is 14.5 Å². The maximum absolute atomic E-state index is 14.7. The number of tetrazole rings is 1. The number of nitrogens with two attached hydrogens (primary N) is 1. The molecule has 2 aromatic carbocycles. The third kappa shape index (κ3) is 6.87. The quantitative estimate of drug-likeness (QED) is 0.414. The van der Waals surface area contributed by atoms with Gasteiger partial charge in [-0.2, -0.15) is 0 Å². The summed E-state index contributed by atoms with van der Waals surface area (Å²) in [5, 5.41) is 15.0. The number of urea groups is 1. The molecule has 3 N–H and O–H groups in total. The number of aryl methyl sites for hydroxylation is 1. The number of carbonyl (C=O) groups is 3. The van der Waals surface area contributed by atoms with Gasteiger partial charge in [-0.05, 0) is 86.9 Å². The zero-order valence-electron chi connectivity index (χ0n) is 25.5. The van der Waals surface area contributed by atoms with Gasteiger partial charge >= 0.3 is 6.03 Å². The van der Waals surface area contributed by atoms with Crippen molar-refractivity contribution in [1.29, 1.82) is 0 Å². The molecule has 1 fully saturated rings. The van der Waals surface area contributed by atoms with Crippen molar-refractivity contribution in [1.82, 2.24) is 25.5 Å². The summed E-state index contributed by atoms with van der Waals surface area (Å²) in [7, 11) is 0. The van der Waals surface area contributed by atoms with Crippen LogP contribution in [0.3, 0.4) is 0 Å². The van der Waals surface area contributed by atoms with Gasteiger partial charge < -0.3 is 16.0 Å². The Morgan fingerprint density at radius 2 is 1.81 bits per heavy atom. The fourth-order valence-corrected chi connectivity index (χ4v) is 6.61. The summed E-state index contributed by atoms with van der Waals surface area (Å²) >= 11 is 0. The normalized spacial score (nSPS) is 19.4. The Morgan fingerprint density at radius 3 is 2.49 bits per heavy atom. The molecule has 1 aliphatic carbocycles. The molecule has 0 radical (unpaired) electrons. The van der Waals surface area contributed by atoms with Crippen LogP contribution in [0, 0.1) is 12.8 Å². The van der Waals surface area contributed by atoms with Crippen molar-refractivity contribution in [2.24, 2.45) is 11.7 Å². The Morgan fingerprint density at radius 1 is 1.07 bits per heavy atom. The lowest BCUT2D eigenvalue weighted by atomic mass is 9.78. The van der Waals surface area contributed by atoms with Crippen LogP contribution in [0.5, 0.6) is 0 Å². The van der Waals surface area contributed by atoms with E-state index >= 15 is 0 Å². The number of nitrogens with one attached hydrogen (secondary N) is 1. The van der Waals surface area contributed by atoms with Gasteiger partial charge in [0.2, 0.25) is 5.91 Å². The van der Waals surface area contributed by atoms with E-state index in [0.717, 1.165) is 30.4 Å². The smallest absolute Gasteiger partial charge is 0.320 e. The average molecular weight is 587 g/mol. The zero-order chi connectivity index (χ0) is 30.7. The number of hydrogen-bond donors (Lipinski definition) is 2. The maximum Gasteiger partial charge on any atom is 0.320 e. The molecule has 0 spiro atoms. The zero-order valence-corrected chi connectivity index (χ0v) is 25.5. The van der Waals surface area contributed by atoms with Crippen LogP contribution in [-0.2, 0) is 9.59 Å². The topological polar surface area (TPSA) is 139 Å². The Hall–Kier alpha value is -4.28. The van der Waals surface area contributed by atoms with Crippen LogP contribution >= 0.6 is 0 Å². The van der Waals surface area contributed by atoms with Crippen LogP contribution in [0.25, 0.3) is 5.69 Å². The monoisotopic (exact) mass is 586 g/mol. The summed E-state index contributed by atoms with van der Waals surface area (Å²) in [4.78, 5) is 45.6. The molecule has 2 unspecified atom stereocenters. The first-order valence-electron chi connectivity index (χ1n) is 15.2. The minimum atomic E-state index is -0.967. The second-order valence-corrected chi connectivity index (χ2v) is 12.9. The molecule has 2 atom stereocenters. The van der Waals surface area contributed by atoms with Crippen molar-refractivity contribution in [2.75, 3.05) is 16.3 Å². The number of aromatic nitrogens is 4. The predicted molar refractivity (Wildman–Crippen MR) is 165 cm³/mol. The van der Waals surface area contributed by atoms with E-state index < -0.39 is 17.6 Å². The van der Waals surface area contributed by atoms with Gasteiger partial charge in [-0.1, -0.05) is 56.4 Å².